The summed E-state index contributed by atoms with van der Waals surface area (Å²) in [6.45, 7) is 1.88. The number of imide groups is 1. The molecule has 1 fully saturated rings. The van der Waals surface area contributed by atoms with E-state index in [1.165, 1.54) is 4.90 Å². The molecule has 1 atom stereocenters. The molecule has 178 valence electrons. The Morgan fingerprint density at radius 3 is 2.41 bits per heavy atom. The van der Waals surface area contributed by atoms with Crippen molar-refractivity contribution >= 4 is 17.8 Å². The van der Waals surface area contributed by atoms with Gasteiger partial charge in [-0.1, -0.05) is 24.3 Å². The van der Waals surface area contributed by atoms with Crippen molar-refractivity contribution < 1.29 is 23.9 Å². The van der Waals surface area contributed by atoms with Gasteiger partial charge in [0.05, 0.1) is 14.2 Å². The maximum atomic E-state index is 12.9. The summed E-state index contributed by atoms with van der Waals surface area (Å²) in [6.07, 6.45) is 2.06. The van der Waals surface area contributed by atoms with E-state index in [4.69, 9.17) is 9.47 Å². The summed E-state index contributed by atoms with van der Waals surface area (Å²) in [7, 11) is 3.21. The van der Waals surface area contributed by atoms with Crippen molar-refractivity contribution in [1.29, 1.82) is 0 Å². The Labute approximate surface area is 199 Å². The predicted octanol–water partition coefficient (Wildman–Crippen LogP) is 2.76. The maximum absolute atomic E-state index is 12.9. The second kappa shape index (κ2) is 9.00. The molecule has 2 aromatic carbocycles. The van der Waals surface area contributed by atoms with E-state index < -0.39 is 6.04 Å². The van der Waals surface area contributed by atoms with Gasteiger partial charge in [0.1, 0.15) is 6.04 Å². The molecular weight excluding hydrogens is 434 g/mol. The van der Waals surface area contributed by atoms with Crippen molar-refractivity contribution in [3.63, 3.8) is 0 Å². The van der Waals surface area contributed by atoms with E-state index >= 15 is 0 Å². The SMILES string of the molecule is COc1cc2c(cc1OC)CN(C(=O)CCCN1C(=O)[C@H]3Cc4ccccc4CN3C1=O)CC2. The summed E-state index contributed by atoms with van der Waals surface area (Å²) in [5.74, 6) is 1.23. The lowest BCUT2D eigenvalue weighted by Gasteiger charge is -2.30. The Bertz CT molecular complexity index is 1100. The lowest BCUT2D eigenvalue weighted by molar-refractivity contribution is -0.133. The zero-order chi connectivity index (χ0) is 23.8. The van der Waals surface area contributed by atoms with Gasteiger partial charge in [-0.05, 0) is 47.2 Å². The van der Waals surface area contributed by atoms with Crippen LogP contribution >= 0.6 is 0 Å². The molecule has 8 heteroatoms. The van der Waals surface area contributed by atoms with Crippen LogP contribution in [0.3, 0.4) is 0 Å². The van der Waals surface area contributed by atoms with Crippen LogP contribution in [0.4, 0.5) is 4.79 Å². The average molecular weight is 464 g/mol. The zero-order valence-corrected chi connectivity index (χ0v) is 19.6. The summed E-state index contributed by atoms with van der Waals surface area (Å²) < 4.78 is 10.8. The summed E-state index contributed by atoms with van der Waals surface area (Å²) >= 11 is 0. The van der Waals surface area contributed by atoms with E-state index in [2.05, 4.69) is 0 Å². The standard InChI is InChI=1S/C26H29N3O5/c1-33-22-13-18-9-11-27(15-20(18)14-23(22)34-2)24(30)8-5-10-28-25(31)21-12-17-6-3-4-7-19(17)16-29(21)26(28)32/h3-4,6-7,13-14,21H,5,8-12,15-16H2,1-2H3/t21-/m1/s1. The summed E-state index contributed by atoms with van der Waals surface area (Å²) in [5, 5.41) is 0. The van der Waals surface area contributed by atoms with E-state index in [-0.39, 0.29) is 24.4 Å². The van der Waals surface area contributed by atoms with Gasteiger partial charge in [-0.2, -0.15) is 0 Å². The molecule has 3 heterocycles. The Hall–Kier alpha value is -3.55. The number of amides is 4. The van der Waals surface area contributed by atoms with Crippen molar-refractivity contribution in [2.24, 2.45) is 0 Å². The highest BCUT2D eigenvalue weighted by molar-refractivity contribution is 6.04. The minimum atomic E-state index is -0.427. The molecule has 3 aliphatic heterocycles. The number of urea groups is 1. The van der Waals surface area contributed by atoms with E-state index in [0.29, 0.717) is 50.4 Å². The summed E-state index contributed by atoms with van der Waals surface area (Å²) in [4.78, 5) is 43.6. The highest BCUT2D eigenvalue weighted by Gasteiger charge is 2.46. The molecule has 3 aliphatic rings. The molecule has 0 aliphatic carbocycles. The van der Waals surface area contributed by atoms with Gasteiger partial charge in [0.15, 0.2) is 11.5 Å². The largest absolute Gasteiger partial charge is 0.493 e. The molecule has 0 spiro atoms. The first kappa shape index (κ1) is 22.3. The number of rotatable bonds is 6. The lowest BCUT2D eigenvalue weighted by atomic mass is 9.95. The number of hydrogen-bond acceptors (Lipinski definition) is 5. The number of carbonyl (C=O) groups excluding carboxylic acids is 3. The van der Waals surface area contributed by atoms with E-state index in [1.54, 1.807) is 19.1 Å². The van der Waals surface area contributed by atoms with Crippen molar-refractivity contribution in [2.45, 2.75) is 44.8 Å². The van der Waals surface area contributed by atoms with E-state index in [9.17, 15) is 14.4 Å². The second-order valence-corrected chi connectivity index (χ2v) is 9.03. The molecule has 0 aromatic heterocycles. The highest BCUT2D eigenvalue weighted by Crippen LogP contribution is 2.34. The van der Waals surface area contributed by atoms with Crippen LogP contribution in [0.5, 0.6) is 11.5 Å². The molecule has 2 aromatic rings. The van der Waals surface area contributed by atoms with Crippen LogP contribution in [0.25, 0.3) is 0 Å². The fourth-order valence-electron chi connectivity index (χ4n) is 5.22. The first-order chi connectivity index (χ1) is 16.5. The normalized spacial score (nSPS) is 19.0. The number of hydrogen-bond donors (Lipinski definition) is 0. The second-order valence-electron chi connectivity index (χ2n) is 9.03. The fourth-order valence-corrected chi connectivity index (χ4v) is 5.22. The van der Waals surface area contributed by atoms with Crippen LogP contribution in [0, 0.1) is 0 Å². The average Bonchev–Trinajstić information content (AvgIpc) is 3.10. The maximum Gasteiger partial charge on any atom is 0.327 e. The van der Waals surface area contributed by atoms with Gasteiger partial charge in [-0.3, -0.25) is 14.5 Å². The predicted molar refractivity (Wildman–Crippen MR) is 124 cm³/mol. The van der Waals surface area contributed by atoms with Crippen molar-refractivity contribution in [2.75, 3.05) is 27.3 Å². The Morgan fingerprint density at radius 2 is 1.68 bits per heavy atom. The molecule has 0 unspecified atom stereocenters. The molecule has 0 saturated carbocycles. The number of benzene rings is 2. The van der Waals surface area contributed by atoms with Gasteiger partial charge < -0.3 is 19.3 Å². The van der Waals surface area contributed by atoms with Crippen LogP contribution in [0.2, 0.25) is 0 Å². The molecule has 0 N–H and O–H groups in total. The van der Waals surface area contributed by atoms with Crippen molar-refractivity contribution in [3.05, 3.63) is 58.7 Å². The monoisotopic (exact) mass is 463 g/mol. The number of methoxy groups -OCH3 is 2. The first-order valence-corrected chi connectivity index (χ1v) is 11.7. The molecule has 5 rings (SSSR count). The molecule has 0 bridgehead atoms. The highest BCUT2D eigenvalue weighted by atomic mass is 16.5. The fraction of sp³-hybridized carbons (Fsp3) is 0.423. The molecule has 8 nitrogen and oxygen atoms in total. The van der Waals surface area contributed by atoms with Crippen LogP contribution in [-0.4, -0.2) is 65.9 Å². The molecule has 4 amide bonds. The van der Waals surface area contributed by atoms with Gasteiger partial charge in [-0.15, -0.1) is 0 Å². The first-order valence-electron chi connectivity index (χ1n) is 11.7. The smallest absolute Gasteiger partial charge is 0.327 e. The van der Waals surface area contributed by atoms with Crippen molar-refractivity contribution in [3.8, 4) is 11.5 Å². The third-order valence-electron chi connectivity index (χ3n) is 7.12. The summed E-state index contributed by atoms with van der Waals surface area (Å²) in [6, 6.07) is 11.2. The van der Waals surface area contributed by atoms with Crippen LogP contribution in [-0.2, 0) is 35.5 Å². The molecule has 34 heavy (non-hydrogen) atoms. The third kappa shape index (κ3) is 3.87. The van der Waals surface area contributed by atoms with Crippen LogP contribution in [0.1, 0.15) is 35.1 Å². The summed E-state index contributed by atoms with van der Waals surface area (Å²) in [5.41, 5.74) is 4.43. The lowest BCUT2D eigenvalue weighted by Crippen LogP contribution is -2.39. The number of carbonyl (C=O) groups is 3. The molecule has 1 saturated heterocycles. The zero-order valence-electron chi connectivity index (χ0n) is 19.6. The number of nitrogens with zero attached hydrogens (tertiary/aromatic N) is 3. The van der Waals surface area contributed by atoms with E-state index in [1.807, 2.05) is 41.3 Å². The van der Waals surface area contributed by atoms with Crippen LogP contribution < -0.4 is 9.47 Å². The third-order valence-corrected chi connectivity index (χ3v) is 7.12. The molecule has 0 radical (unpaired) electrons. The topological polar surface area (TPSA) is 79.4 Å². The van der Waals surface area contributed by atoms with Crippen LogP contribution in [0.15, 0.2) is 36.4 Å². The van der Waals surface area contributed by atoms with Gasteiger partial charge in [0, 0.05) is 39.0 Å². The Balaban J connectivity index is 1.17. The quantitative estimate of drug-likeness (QED) is 0.616. The van der Waals surface area contributed by atoms with Gasteiger partial charge in [-0.25, -0.2) is 4.79 Å². The van der Waals surface area contributed by atoms with E-state index in [0.717, 1.165) is 28.7 Å². The minimum Gasteiger partial charge on any atom is -0.493 e. The molecular formula is C26H29N3O5. The minimum absolute atomic E-state index is 0.0321. The van der Waals surface area contributed by atoms with Gasteiger partial charge in [0.2, 0.25) is 5.91 Å². The van der Waals surface area contributed by atoms with Gasteiger partial charge >= 0.3 is 6.03 Å². The van der Waals surface area contributed by atoms with Gasteiger partial charge in [0.25, 0.3) is 5.91 Å². The van der Waals surface area contributed by atoms with Crippen molar-refractivity contribution in [1.82, 2.24) is 14.7 Å². The number of ether oxygens (including phenoxy) is 2. The number of fused-ring (bicyclic) bond motifs is 3. The Morgan fingerprint density at radius 1 is 0.971 bits per heavy atom. The Kier molecular flexibility index (Phi) is 5.89.